The molecule has 0 saturated heterocycles. The van der Waals surface area contributed by atoms with Crippen molar-refractivity contribution in [1.82, 2.24) is 4.98 Å². The van der Waals surface area contributed by atoms with E-state index in [-0.39, 0.29) is 11.5 Å². The first-order valence-electron chi connectivity index (χ1n) is 3.91. The van der Waals surface area contributed by atoms with Crippen molar-refractivity contribution in [2.24, 2.45) is 0 Å². The molecule has 0 aliphatic heterocycles. The SMILES string of the molecule is Cc1[nH]c(=O)cc(F)c1C(C)C. The van der Waals surface area contributed by atoms with Gasteiger partial charge in [-0.2, -0.15) is 0 Å². The molecule has 0 fully saturated rings. The second-order valence-electron chi connectivity index (χ2n) is 3.17. The average molecular weight is 169 g/mol. The van der Waals surface area contributed by atoms with Gasteiger partial charge in [0.15, 0.2) is 0 Å². The van der Waals surface area contributed by atoms with E-state index in [1.54, 1.807) is 6.92 Å². The minimum Gasteiger partial charge on any atom is -0.326 e. The molecule has 66 valence electrons. The number of nitrogens with one attached hydrogen (secondary N) is 1. The fourth-order valence-electron chi connectivity index (χ4n) is 1.37. The first-order chi connectivity index (χ1) is 5.52. The van der Waals surface area contributed by atoms with E-state index in [1.807, 2.05) is 13.8 Å². The molecule has 0 aromatic carbocycles. The van der Waals surface area contributed by atoms with Gasteiger partial charge in [0.05, 0.1) is 0 Å². The van der Waals surface area contributed by atoms with E-state index in [4.69, 9.17) is 0 Å². The highest BCUT2D eigenvalue weighted by Crippen LogP contribution is 2.18. The predicted octanol–water partition coefficient (Wildman–Crippen LogP) is 1.95. The van der Waals surface area contributed by atoms with Gasteiger partial charge in [-0.05, 0) is 12.8 Å². The van der Waals surface area contributed by atoms with Crippen molar-refractivity contribution in [2.45, 2.75) is 26.7 Å². The molecule has 3 heteroatoms. The van der Waals surface area contributed by atoms with Gasteiger partial charge in [-0.3, -0.25) is 4.79 Å². The van der Waals surface area contributed by atoms with Gasteiger partial charge < -0.3 is 4.98 Å². The number of pyridine rings is 1. The minimum absolute atomic E-state index is 0.0989. The molecule has 0 bridgehead atoms. The highest BCUT2D eigenvalue weighted by atomic mass is 19.1. The summed E-state index contributed by atoms with van der Waals surface area (Å²) in [5.74, 6) is -0.312. The topological polar surface area (TPSA) is 32.9 Å². The maximum Gasteiger partial charge on any atom is 0.251 e. The number of hydrogen-bond donors (Lipinski definition) is 1. The number of hydrogen-bond acceptors (Lipinski definition) is 1. The Kier molecular flexibility index (Phi) is 2.31. The molecule has 0 atom stereocenters. The Balaban J connectivity index is 3.38. The number of H-pyrrole nitrogens is 1. The summed E-state index contributed by atoms with van der Waals surface area (Å²) in [5, 5.41) is 0. The van der Waals surface area contributed by atoms with Crippen LogP contribution in [0.25, 0.3) is 0 Å². The molecule has 0 spiro atoms. The van der Waals surface area contributed by atoms with Gasteiger partial charge >= 0.3 is 0 Å². The van der Waals surface area contributed by atoms with Crippen molar-refractivity contribution in [3.8, 4) is 0 Å². The standard InChI is InChI=1S/C9H12FNO/c1-5(2)9-6(3)11-8(12)4-7(9)10/h4-5H,1-3H3,(H,11,12). The van der Waals surface area contributed by atoms with E-state index in [0.29, 0.717) is 11.3 Å². The van der Waals surface area contributed by atoms with E-state index < -0.39 is 5.82 Å². The van der Waals surface area contributed by atoms with Crippen molar-refractivity contribution >= 4 is 0 Å². The molecule has 1 heterocycles. The molecule has 0 unspecified atom stereocenters. The fraction of sp³-hybridized carbons (Fsp3) is 0.444. The molecule has 12 heavy (non-hydrogen) atoms. The van der Waals surface area contributed by atoms with Crippen LogP contribution < -0.4 is 5.56 Å². The summed E-state index contributed by atoms with van der Waals surface area (Å²) in [6, 6.07) is 0.988. The van der Waals surface area contributed by atoms with E-state index in [9.17, 15) is 9.18 Å². The van der Waals surface area contributed by atoms with Gasteiger partial charge in [-0.25, -0.2) is 4.39 Å². The summed E-state index contributed by atoms with van der Waals surface area (Å²) < 4.78 is 13.1. The zero-order chi connectivity index (χ0) is 9.30. The van der Waals surface area contributed by atoms with Crippen LogP contribution in [0.3, 0.4) is 0 Å². The molecule has 1 aromatic rings. The molecule has 0 radical (unpaired) electrons. The monoisotopic (exact) mass is 169 g/mol. The highest BCUT2D eigenvalue weighted by Gasteiger charge is 2.10. The number of aromatic nitrogens is 1. The van der Waals surface area contributed by atoms with Gasteiger partial charge in [0.2, 0.25) is 0 Å². The quantitative estimate of drug-likeness (QED) is 0.684. The zero-order valence-corrected chi connectivity index (χ0v) is 7.44. The first kappa shape index (κ1) is 8.97. The lowest BCUT2D eigenvalue weighted by Crippen LogP contribution is -2.11. The van der Waals surface area contributed by atoms with Gasteiger partial charge in [0.25, 0.3) is 5.56 Å². The van der Waals surface area contributed by atoms with E-state index in [2.05, 4.69) is 4.98 Å². The molecule has 1 N–H and O–H groups in total. The molecule has 1 rings (SSSR count). The van der Waals surface area contributed by atoms with Crippen LogP contribution >= 0.6 is 0 Å². The summed E-state index contributed by atoms with van der Waals surface area (Å²) in [6.45, 7) is 5.49. The zero-order valence-electron chi connectivity index (χ0n) is 7.44. The van der Waals surface area contributed by atoms with E-state index in [0.717, 1.165) is 6.07 Å². The van der Waals surface area contributed by atoms with Crippen molar-refractivity contribution in [2.75, 3.05) is 0 Å². The smallest absolute Gasteiger partial charge is 0.251 e. The van der Waals surface area contributed by atoms with E-state index in [1.165, 1.54) is 0 Å². The Bertz CT molecular complexity index is 315. The number of aryl methyl sites for hydroxylation is 1. The molecule has 1 aromatic heterocycles. The Morgan fingerprint density at radius 3 is 2.50 bits per heavy atom. The third-order valence-electron chi connectivity index (χ3n) is 1.81. The van der Waals surface area contributed by atoms with Crippen LogP contribution in [-0.4, -0.2) is 4.98 Å². The summed E-state index contributed by atoms with van der Waals surface area (Å²) in [5.41, 5.74) is 0.832. The third-order valence-corrected chi connectivity index (χ3v) is 1.81. The number of rotatable bonds is 1. The molecular weight excluding hydrogens is 157 g/mol. The summed E-state index contributed by atoms with van der Waals surface area (Å²) in [6.07, 6.45) is 0. The van der Waals surface area contributed by atoms with Gasteiger partial charge in [-0.15, -0.1) is 0 Å². The maximum atomic E-state index is 13.1. The van der Waals surface area contributed by atoms with Crippen LogP contribution in [0.5, 0.6) is 0 Å². The second kappa shape index (κ2) is 3.09. The normalized spacial score (nSPS) is 10.8. The first-order valence-corrected chi connectivity index (χ1v) is 3.91. The summed E-state index contributed by atoms with van der Waals surface area (Å²) in [7, 11) is 0. The number of halogens is 1. The third kappa shape index (κ3) is 1.55. The van der Waals surface area contributed by atoms with Crippen molar-refractivity contribution in [3.05, 3.63) is 33.5 Å². The molecule has 0 amide bonds. The van der Waals surface area contributed by atoms with Crippen LogP contribution in [-0.2, 0) is 0 Å². The van der Waals surface area contributed by atoms with Crippen LogP contribution in [0.2, 0.25) is 0 Å². The maximum absolute atomic E-state index is 13.1. The molecule has 0 saturated carbocycles. The van der Waals surface area contributed by atoms with Crippen LogP contribution in [0, 0.1) is 12.7 Å². The summed E-state index contributed by atoms with van der Waals surface area (Å²) >= 11 is 0. The van der Waals surface area contributed by atoms with Crippen LogP contribution in [0.15, 0.2) is 10.9 Å². The Morgan fingerprint density at radius 2 is 2.08 bits per heavy atom. The highest BCUT2D eigenvalue weighted by molar-refractivity contribution is 5.23. The van der Waals surface area contributed by atoms with Gasteiger partial charge in [0.1, 0.15) is 5.82 Å². The molecule has 0 aliphatic carbocycles. The largest absolute Gasteiger partial charge is 0.326 e. The average Bonchev–Trinajstić information content (AvgIpc) is 1.82. The second-order valence-corrected chi connectivity index (χ2v) is 3.17. The molecular formula is C9H12FNO. The van der Waals surface area contributed by atoms with Crippen molar-refractivity contribution in [1.29, 1.82) is 0 Å². The lowest BCUT2D eigenvalue weighted by molar-refractivity contribution is 0.589. The Hall–Kier alpha value is -1.12. The molecule has 0 aliphatic rings. The lowest BCUT2D eigenvalue weighted by atomic mass is 10.0. The van der Waals surface area contributed by atoms with E-state index >= 15 is 0 Å². The van der Waals surface area contributed by atoms with Gasteiger partial charge in [0, 0.05) is 17.3 Å². The van der Waals surface area contributed by atoms with Crippen LogP contribution in [0.4, 0.5) is 4.39 Å². The predicted molar refractivity (Wildman–Crippen MR) is 45.8 cm³/mol. The fourth-order valence-corrected chi connectivity index (χ4v) is 1.37. The minimum atomic E-state index is -0.411. The van der Waals surface area contributed by atoms with Crippen molar-refractivity contribution < 1.29 is 4.39 Å². The van der Waals surface area contributed by atoms with Crippen molar-refractivity contribution in [3.63, 3.8) is 0 Å². The summed E-state index contributed by atoms with van der Waals surface area (Å²) in [4.78, 5) is 13.4. The Morgan fingerprint density at radius 1 is 1.50 bits per heavy atom. The van der Waals surface area contributed by atoms with Gasteiger partial charge in [-0.1, -0.05) is 13.8 Å². The number of aromatic amines is 1. The molecule has 2 nitrogen and oxygen atoms in total. The van der Waals surface area contributed by atoms with Crippen LogP contribution in [0.1, 0.15) is 31.0 Å². The Labute approximate surface area is 70.4 Å². The lowest BCUT2D eigenvalue weighted by Gasteiger charge is -2.09.